The van der Waals surface area contributed by atoms with E-state index in [0.29, 0.717) is 22.6 Å². The van der Waals surface area contributed by atoms with Crippen LogP contribution < -0.4 is 0 Å². The zero-order valence-corrected chi connectivity index (χ0v) is 11.1. The molecule has 0 atom stereocenters. The van der Waals surface area contributed by atoms with Crippen molar-refractivity contribution in [2.24, 2.45) is 0 Å². The number of ether oxygens (including phenoxy) is 1. The molecule has 0 spiro atoms. The van der Waals surface area contributed by atoms with Crippen LogP contribution in [0.1, 0.15) is 15.2 Å². The second-order valence-electron chi connectivity index (χ2n) is 3.81. The van der Waals surface area contributed by atoms with E-state index in [9.17, 15) is 9.90 Å². The van der Waals surface area contributed by atoms with Crippen LogP contribution in [0.4, 0.5) is 0 Å². The van der Waals surface area contributed by atoms with Crippen LogP contribution in [0, 0.1) is 0 Å². The summed E-state index contributed by atoms with van der Waals surface area (Å²) in [7, 11) is 1.29. The van der Waals surface area contributed by atoms with Crippen molar-refractivity contribution >= 4 is 17.3 Å². The second kappa shape index (κ2) is 5.81. The number of rotatable bonds is 4. The normalized spacial score (nSPS) is 10.4. The maximum atomic E-state index is 11.4. The van der Waals surface area contributed by atoms with Crippen molar-refractivity contribution in [2.75, 3.05) is 13.7 Å². The van der Waals surface area contributed by atoms with Crippen LogP contribution in [0.5, 0.6) is 5.06 Å². The van der Waals surface area contributed by atoms with Gasteiger partial charge in [-0.1, -0.05) is 17.4 Å². The summed E-state index contributed by atoms with van der Waals surface area (Å²) in [6.07, 6.45) is 2.04. The summed E-state index contributed by atoms with van der Waals surface area (Å²) in [5.74, 6) is -0.494. The first-order valence-electron chi connectivity index (χ1n) is 5.63. The van der Waals surface area contributed by atoms with Gasteiger partial charge in [0.25, 0.3) is 0 Å². The molecule has 0 bridgehead atoms. The SMILES string of the molecule is COC(=O)c1cc(-c2ncccc2CCO)c(O)s1. The summed E-state index contributed by atoms with van der Waals surface area (Å²) in [6.45, 7) is -0.00650. The molecule has 2 aromatic heterocycles. The number of carbonyl (C=O) groups is 1. The van der Waals surface area contributed by atoms with Crippen molar-refractivity contribution in [3.63, 3.8) is 0 Å². The predicted molar refractivity (Wildman–Crippen MR) is 71.3 cm³/mol. The molecule has 2 heterocycles. The number of aromatic nitrogens is 1. The highest BCUT2D eigenvalue weighted by Crippen LogP contribution is 2.38. The van der Waals surface area contributed by atoms with Crippen molar-refractivity contribution < 1.29 is 19.7 Å². The molecule has 0 saturated carbocycles. The number of carbonyl (C=O) groups excluding carboxylic acids is 1. The van der Waals surface area contributed by atoms with Gasteiger partial charge in [-0.05, 0) is 24.1 Å². The third kappa shape index (κ3) is 2.74. The van der Waals surface area contributed by atoms with Crippen LogP contribution in [0.15, 0.2) is 24.4 Å². The first kappa shape index (κ1) is 13.5. The number of methoxy groups -OCH3 is 1. The van der Waals surface area contributed by atoms with Crippen LogP contribution in [-0.4, -0.2) is 34.9 Å². The van der Waals surface area contributed by atoms with Gasteiger partial charge in [0, 0.05) is 12.8 Å². The lowest BCUT2D eigenvalue weighted by Gasteiger charge is -2.05. The second-order valence-corrected chi connectivity index (χ2v) is 4.84. The maximum absolute atomic E-state index is 11.4. The molecule has 19 heavy (non-hydrogen) atoms. The summed E-state index contributed by atoms with van der Waals surface area (Å²) < 4.78 is 4.62. The largest absolute Gasteiger partial charge is 0.499 e. The molecule has 6 heteroatoms. The standard InChI is InChI=1S/C13H13NO4S/c1-18-12(16)10-7-9(13(17)19-10)11-8(4-6-15)3-2-5-14-11/h2-3,5,7,15,17H,4,6H2,1H3. The number of hydrogen-bond acceptors (Lipinski definition) is 6. The van der Waals surface area contributed by atoms with Crippen LogP contribution in [-0.2, 0) is 11.2 Å². The van der Waals surface area contributed by atoms with Crippen molar-refractivity contribution in [3.8, 4) is 16.3 Å². The Bertz CT molecular complexity index is 594. The van der Waals surface area contributed by atoms with Gasteiger partial charge >= 0.3 is 5.97 Å². The molecule has 0 amide bonds. The zero-order valence-electron chi connectivity index (χ0n) is 10.3. The number of aromatic hydroxyl groups is 1. The Labute approximate surface area is 114 Å². The van der Waals surface area contributed by atoms with Gasteiger partial charge in [0.15, 0.2) is 5.06 Å². The summed E-state index contributed by atoms with van der Waals surface area (Å²) in [4.78, 5) is 16.0. The Hall–Kier alpha value is -1.92. The molecule has 0 saturated heterocycles. The third-order valence-corrected chi connectivity index (χ3v) is 3.54. The Morgan fingerprint density at radius 3 is 3.00 bits per heavy atom. The minimum Gasteiger partial charge on any atom is -0.499 e. The van der Waals surface area contributed by atoms with E-state index in [2.05, 4.69) is 9.72 Å². The van der Waals surface area contributed by atoms with E-state index in [1.807, 2.05) is 6.07 Å². The van der Waals surface area contributed by atoms with E-state index >= 15 is 0 Å². The highest BCUT2D eigenvalue weighted by Gasteiger charge is 2.18. The fraction of sp³-hybridized carbons (Fsp3) is 0.231. The van der Waals surface area contributed by atoms with Gasteiger partial charge in [0.2, 0.25) is 0 Å². The monoisotopic (exact) mass is 279 g/mol. The van der Waals surface area contributed by atoms with Crippen molar-refractivity contribution in [1.82, 2.24) is 4.98 Å². The summed E-state index contributed by atoms with van der Waals surface area (Å²) in [5.41, 5.74) is 1.87. The van der Waals surface area contributed by atoms with Crippen molar-refractivity contribution in [3.05, 3.63) is 34.8 Å². The van der Waals surface area contributed by atoms with E-state index < -0.39 is 5.97 Å². The lowest BCUT2D eigenvalue weighted by molar-refractivity contribution is 0.0606. The summed E-state index contributed by atoms with van der Waals surface area (Å²) >= 11 is 0.947. The highest BCUT2D eigenvalue weighted by atomic mass is 32.1. The van der Waals surface area contributed by atoms with Gasteiger partial charge in [0.05, 0.1) is 18.4 Å². The smallest absolute Gasteiger partial charge is 0.348 e. The minimum atomic E-state index is -0.494. The minimum absolute atomic E-state index is 0.00650. The van der Waals surface area contributed by atoms with Crippen LogP contribution in [0.3, 0.4) is 0 Å². The first-order valence-corrected chi connectivity index (χ1v) is 6.45. The lowest BCUT2D eigenvalue weighted by atomic mass is 10.1. The fourth-order valence-corrected chi connectivity index (χ4v) is 2.57. The van der Waals surface area contributed by atoms with E-state index in [1.165, 1.54) is 7.11 Å². The number of aliphatic hydroxyl groups is 1. The van der Waals surface area contributed by atoms with E-state index in [4.69, 9.17) is 5.11 Å². The van der Waals surface area contributed by atoms with Gasteiger partial charge in [-0.3, -0.25) is 4.98 Å². The molecule has 0 aliphatic carbocycles. The molecule has 2 N–H and O–H groups in total. The van der Waals surface area contributed by atoms with Gasteiger partial charge in [0.1, 0.15) is 4.88 Å². The Balaban J connectivity index is 2.47. The molecule has 100 valence electrons. The molecule has 0 unspecified atom stereocenters. The molecular weight excluding hydrogens is 266 g/mol. The van der Waals surface area contributed by atoms with Crippen molar-refractivity contribution in [1.29, 1.82) is 0 Å². The van der Waals surface area contributed by atoms with Crippen LogP contribution in [0.2, 0.25) is 0 Å². The number of nitrogens with zero attached hydrogens (tertiary/aromatic N) is 1. The van der Waals surface area contributed by atoms with E-state index in [0.717, 1.165) is 16.9 Å². The Morgan fingerprint density at radius 1 is 1.53 bits per heavy atom. The predicted octanol–water partition coefficient (Wildman–Crippen LogP) is 1.84. The molecule has 2 rings (SSSR count). The quantitative estimate of drug-likeness (QED) is 0.835. The molecule has 0 radical (unpaired) electrons. The molecule has 0 fully saturated rings. The number of aliphatic hydroxyl groups excluding tert-OH is 1. The number of thiophene rings is 1. The summed E-state index contributed by atoms with van der Waals surface area (Å²) in [6, 6.07) is 5.14. The van der Waals surface area contributed by atoms with Crippen molar-refractivity contribution in [2.45, 2.75) is 6.42 Å². The molecule has 0 aliphatic heterocycles. The summed E-state index contributed by atoms with van der Waals surface area (Å²) in [5, 5.41) is 19.0. The van der Waals surface area contributed by atoms with E-state index in [1.54, 1.807) is 18.3 Å². The zero-order chi connectivity index (χ0) is 13.8. The Morgan fingerprint density at radius 2 is 2.32 bits per heavy atom. The van der Waals surface area contributed by atoms with Gasteiger partial charge in [-0.25, -0.2) is 4.79 Å². The molecular formula is C13H13NO4S. The van der Waals surface area contributed by atoms with Gasteiger partial charge in [-0.15, -0.1) is 0 Å². The number of esters is 1. The third-order valence-electron chi connectivity index (χ3n) is 2.63. The fourth-order valence-electron chi connectivity index (χ4n) is 1.76. The average molecular weight is 279 g/mol. The molecule has 2 aromatic rings. The van der Waals surface area contributed by atoms with E-state index in [-0.39, 0.29) is 11.7 Å². The lowest BCUT2D eigenvalue weighted by Crippen LogP contribution is -1.98. The van der Waals surface area contributed by atoms with Crippen LogP contribution >= 0.6 is 11.3 Å². The number of pyridine rings is 1. The first-order chi connectivity index (χ1) is 9.17. The maximum Gasteiger partial charge on any atom is 0.348 e. The Kier molecular flexibility index (Phi) is 4.13. The van der Waals surface area contributed by atoms with Gasteiger partial charge < -0.3 is 14.9 Å². The molecule has 5 nitrogen and oxygen atoms in total. The van der Waals surface area contributed by atoms with Gasteiger partial charge in [-0.2, -0.15) is 0 Å². The molecule has 0 aromatic carbocycles. The number of hydrogen-bond donors (Lipinski definition) is 2. The molecule has 0 aliphatic rings. The van der Waals surface area contributed by atoms with Crippen LogP contribution in [0.25, 0.3) is 11.3 Å². The highest BCUT2D eigenvalue weighted by molar-refractivity contribution is 7.16. The average Bonchev–Trinajstić information content (AvgIpc) is 2.81. The topological polar surface area (TPSA) is 79.7 Å².